The van der Waals surface area contributed by atoms with Gasteiger partial charge in [0, 0.05) is 25.8 Å². The summed E-state index contributed by atoms with van der Waals surface area (Å²) >= 11 is 0. The Bertz CT molecular complexity index is 757. The first-order valence-corrected chi connectivity index (χ1v) is 9.86. The molecule has 3 unspecified atom stereocenters. The van der Waals surface area contributed by atoms with E-state index in [9.17, 15) is 14.7 Å². The van der Waals surface area contributed by atoms with E-state index in [0.717, 1.165) is 18.4 Å². The van der Waals surface area contributed by atoms with Crippen LogP contribution in [0.1, 0.15) is 55.5 Å². The highest BCUT2D eigenvalue weighted by Crippen LogP contribution is 2.21. The number of carboxylic acids is 1. The number of nitrogens with zero attached hydrogens (tertiary/aromatic N) is 1. The van der Waals surface area contributed by atoms with Gasteiger partial charge in [-0.25, -0.2) is 4.79 Å². The first-order chi connectivity index (χ1) is 13.4. The summed E-state index contributed by atoms with van der Waals surface area (Å²) in [5.74, 6) is 5.30. The summed E-state index contributed by atoms with van der Waals surface area (Å²) in [5.41, 5.74) is 1.25. The lowest BCUT2D eigenvalue weighted by Crippen LogP contribution is -2.34. The highest BCUT2D eigenvalue weighted by atomic mass is 16.4. The molecule has 1 aromatic rings. The fourth-order valence-electron chi connectivity index (χ4n) is 3.22. The van der Waals surface area contributed by atoms with Gasteiger partial charge in [0.25, 0.3) is 0 Å². The fourth-order valence-corrected chi connectivity index (χ4v) is 3.22. The van der Waals surface area contributed by atoms with Crippen LogP contribution >= 0.6 is 0 Å². The molecule has 1 heterocycles. The molecule has 2 N–H and O–H groups in total. The summed E-state index contributed by atoms with van der Waals surface area (Å²) in [7, 11) is 0. The van der Waals surface area contributed by atoms with Gasteiger partial charge in [-0.2, -0.15) is 0 Å². The third-order valence-corrected chi connectivity index (χ3v) is 5.06. The minimum atomic E-state index is -0.945. The highest BCUT2D eigenvalue weighted by molar-refractivity contribution is 5.87. The second-order valence-electron chi connectivity index (χ2n) is 7.21. The normalized spacial score (nSPS) is 18.8. The highest BCUT2D eigenvalue weighted by Gasteiger charge is 2.28. The summed E-state index contributed by atoms with van der Waals surface area (Å²) < 4.78 is 0. The monoisotopic (exact) mass is 383 g/mol. The van der Waals surface area contributed by atoms with Crippen LogP contribution in [0.25, 0.3) is 0 Å². The van der Waals surface area contributed by atoms with E-state index in [1.165, 1.54) is 0 Å². The van der Waals surface area contributed by atoms with Crippen LogP contribution in [-0.4, -0.2) is 45.7 Å². The predicted molar refractivity (Wildman–Crippen MR) is 109 cm³/mol. The first-order valence-electron chi connectivity index (χ1n) is 9.86. The molecule has 150 valence electrons. The van der Waals surface area contributed by atoms with Gasteiger partial charge in [-0.3, -0.25) is 4.79 Å². The number of carbonyl (C=O) groups is 2. The third-order valence-electron chi connectivity index (χ3n) is 5.06. The molecule has 1 amide bonds. The molecule has 5 nitrogen and oxygen atoms in total. The molecular formula is C23H29NO4. The van der Waals surface area contributed by atoms with Crippen molar-refractivity contribution in [2.45, 2.75) is 58.1 Å². The van der Waals surface area contributed by atoms with E-state index in [2.05, 4.69) is 11.8 Å². The quantitative estimate of drug-likeness (QED) is 0.533. The lowest BCUT2D eigenvalue weighted by molar-refractivity contribution is -0.128. The number of likely N-dealkylation sites (tertiary alicyclic amines) is 1. The molecule has 1 aromatic carbocycles. The number of benzene rings is 1. The maximum Gasteiger partial charge on any atom is 0.335 e. The fraction of sp³-hybridized carbons (Fsp3) is 0.478. The van der Waals surface area contributed by atoms with Crippen molar-refractivity contribution < 1.29 is 19.8 Å². The predicted octanol–water partition coefficient (Wildman–Crippen LogP) is 3.28. The zero-order chi connectivity index (χ0) is 20.5. The average Bonchev–Trinajstić information content (AvgIpc) is 3.04. The van der Waals surface area contributed by atoms with Crippen LogP contribution in [0.5, 0.6) is 0 Å². The van der Waals surface area contributed by atoms with E-state index in [1.54, 1.807) is 30.3 Å². The number of rotatable bonds is 8. The summed E-state index contributed by atoms with van der Waals surface area (Å²) in [6.45, 7) is 4.55. The van der Waals surface area contributed by atoms with Gasteiger partial charge in [0.2, 0.25) is 5.91 Å². The van der Waals surface area contributed by atoms with Crippen molar-refractivity contribution in [2.24, 2.45) is 5.92 Å². The third kappa shape index (κ3) is 6.24. The van der Waals surface area contributed by atoms with Gasteiger partial charge in [-0.1, -0.05) is 38.1 Å². The number of hydrogen-bond donors (Lipinski definition) is 2. The Balaban J connectivity index is 1.92. The van der Waals surface area contributed by atoms with Crippen molar-refractivity contribution >= 4 is 11.9 Å². The van der Waals surface area contributed by atoms with Crippen LogP contribution in [0.15, 0.2) is 36.4 Å². The summed E-state index contributed by atoms with van der Waals surface area (Å²) in [6, 6.07) is 6.74. The number of aromatic carboxylic acids is 1. The molecule has 0 aromatic heterocycles. The van der Waals surface area contributed by atoms with Crippen molar-refractivity contribution in [3.63, 3.8) is 0 Å². The Kier molecular flexibility index (Phi) is 8.28. The Morgan fingerprint density at radius 1 is 1.32 bits per heavy atom. The van der Waals surface area contributed by atoms with Gasteiger partial charge in [-0.05, 0) is 36.5 Å². The molecule has 0 bridgehead atoms. The van der Waals surface area contributed by atoms with Crippen LogP contribution in [-0.2, 0) is 11.2 Å². The molecule has 5 heteroatoms. The van der Waals surface area contributed by atoms with Crippen LogP contribution < -0.4 is 0 Å². The molecule has 0 radical (unpaired) electrons. The minimum absolute atomic E-state index is 0.00521. The zero-order valence-electron chi connectivity index (χ0n) is 16.6. The lowest BCUT2D eigenvalue weighted by Gasteiger charge is -2.23. The standard InChI is InChI=1S/C23H29NO4/c1-3-4-5-6-17(2)21(25)13-11-20-12-14-22(26)24(20)16-15-18-7-9-19(10-8-18)23(27)28/h7-11,13,17,20-21,25H,3,6,12,14-16H2,1-2H3,(H,27,28). The van der Waals surface area contributed by atoms with E-state index in [0.29, 0.717) is 25.8 Å². The van der Waals surface area contributed by atoms with Crippen LogP contribution in [0.2, 0.25) is 0 Å². The maximum atomic E-state index is 12.2. The average molecular weight is 383 g/mol. The maximum absolute atomic E-state index is 12.2. The number of carbonyl (C=O) groups excluding carboxylic acids is 1. The first kappa shape index (κ1) is 21.7. The molecule has 0 spiro atoms. The zero-order valence-corrected chi connectivity index (χ0v) is 16.6. The van der Waals surface area contributed by atoms with Crippen molar-refractivity contribution in [3.8, 4) is 11.8 Å². The molecule has 2 rings (SSSR count). The summed E-state index contributed by atoms with van der Waals surface area (Å²) in [6.07, 6.45) is 6.55. The van der Waals surface area contributed by atoms with Crippen molar-refractivity contribution in [1.82, 2.24) is 4.90 Å². The number of amides is 1. The number of aliphatic hydroxyl groups is 1. The van der Waals surface area contributed by atoms with Crippen LogP contribution in [0.4, 0.5) is 0 Å². The molecule has 1 saturated heterocycles. The van der Waals surface area contributed by atoms with Gasteiger partial charge < -0.3 is 15.1 Å². The largest absolute Gasteiger partial charge is 0.478 e. The molecule has 1 aliphatic rings. The molecule has 0 saturated carbocycles. The van der Waals surface area contributed by atoms with Crippen molar-refractivity contribution in [1.29, 1.82) is 0 Å². The number of aliphatic hydroxyl groups excluding tert-OH is 1. The lowest BCUT2D eigenvalue weighted by atomic mass is 10.00. The van der Waals surface area contributed by atoms with Crippen molar-refractivity contribution in [2.75, 3.05) is 6.54 Å². The number of carboxylic acid groups (broad SMARTS) is 1. The molecule has 1 aliphatic heterocycles. The van der Waals surface area contributed by atoms with E-state index in [-0.39, 0.29) is 23.4 Å². The molecule has 0 aliphatic carbocycles. The second kappa shape index (κ2) is 10.7. The second-order valence-corrected chi connectivity index (χ2v) is 7.21. The molecular weight excluding hydrogens is 354 g/mol. The Morgan fingerprint density at radius 3 is 2.68 bits per heavy atom. The molecule has 1 fully saturated rings. The van der Waals surface area contributed by atoms with Gasteiger partial charge >= 0.3 is 5.97 Å². The Labute approximate surface area is 167 Å². The van der Waals surface area contributed by atoms with Crippen LogP contribution in [0, 0.1) is 17.8 Å². The number of hydrogen-bond acceptors (Lipinski definition) is 3. The SMILES string of the molecule is CCC#CCC(C)C(O)C=CC1CCC(=O)N1CCc1ccc(C(=O)O)cc1. The summed E-state index contributed by atoms with van der Waals surface area (Å²) in [5, 5.41) is 19.3. The summed E-state index contributed by atoms with van der Waals surface area (Å²) in [4.78, 5) is 25.0. The van der Waals surface area contributed by atoms with E-state index >= 15 is 0 Å². The van der Waals surface area contributed by atoms with E-state index in [4.69, 9.17) is 5.11 Å². The molecule has 28 heavy (non-hydrogen) atoms. The minimum Gasteiger partial charge on any atom is -0.478 e. The smallest absolute Gasteiger partial charge is 0.335 e. The van der Waals surface area contributed by atoms with E-state index in [1.807, 2.05) is 24.8 Å². The van der Waals surface area contributed by atoms with E-state index < -0.39 is 12.1 Å². The molecule has 3 atom stereocenters. The van der Waals surface area contributed by atoms with Gasteiger partial charge in [-0.15, -0.1) is 11.8 Å². The topological polar surface area (TPSA) is 77.8 Å². The van der Waals surface area contributed by atoms with Gasteiger partial charge in [0.1, 0.15) is 0 Å². The van der Waals surface area contributed by atoms with Crippen LogP contribution in [0.3, 0.4) is 0 Å². The Morgan fingerprint density at radius 2 is 2.04 bits per heavy atom. The van der Waals surface area contributed by atoms with Gasteiger partial charge in [0.05, 0.1) is 17.7 Å². The Hall–Kier alpha value is -2.58. The van der Waals surface area contributed by atoms with Crippen molar-refractivity contribution in [3.05, 3.63) is 47.5 Å². The van der Waals surface area contributed by atoms with Gasteiger partial charge in [0.15, 0.2) is 0 Å².